The Kier molecular flexibility index (Phi) is 7.14. The van der Waals surface area contributed by atoms with Crippen molar-refractivity contribution < 1.29 is 5.11 Å². The van der Waals surface area contributed by atoms with Gasteiger partial charge in [-0.2, -0.15) is 0 Å². The van der Waals surface area contributed by atoms with Crippen LogP contribution in [0.15, 0.2) is 0 Å². The van der Waals surface area contributed by atoms with Gasteiger partial charge in [0.05, 0.1) is 6.10 Å². The average molecular weight is 241 g/mol. The van der Waals surface area contributed by atoms with Gasteiger partial charge in [0.2, 0.25) is 0 Å². The Morgan fingerprint density at radius 3 is 2.53 bits per heavy atom. The summed E-state index contributed by atoms with van der Waals surface area (Å²) in [5, 5.41) is 10.3. The van der Waals surface area contributed by atoms with E-state index in [9.17, 15) is 5.11 Å². The minimum absolute atomic E-state index is 0.0941. The van der Waals surface area contributed by atoms with E-state index in [1.165, 1.54) is 44.9 Å². The van der Waals surface area contributed by atoms with Crippen molar-refractivity contribution in [3.63, 3.8) is 0 Å². The Bertz CT molecular complexity index is 195. The molecule has 0 heterocycles. The third-order valence-electron chi connectivity index (χ3n) is 4.30. The van der Waals surface area contributed by atoms with Gasteiger partial charge in [-0.15, -0.1) is 0 Å². The highest BCUT2D eigenvalue weighted by Crippen LogP contribution is 2.25. The SMILES string of the molecule is CCCCN(C(C)CC)C1CCCCCC1O. The normalized spacial score (nSPS) is 28.1. The number of aliphatic hydroxyl groups excluding tert-OH is 1. The molecular weight excluding hydrogens is 210 g/mol. The van der Waals surface area contributed by atoms with Gasteiger partial charge < -0.3 is 5.11 Å². The summed E-state index contributed by atoms with van der Waals surface area (Å²) in [6.45, 7) is 7.98. The molecule has 2 heteroatoms. The van der Waals surface area contributed by atoms with Crippen molar-refractivity contribution in [2.45, 2.75) is 90.3 Å². The lowest BCUT2D eigenvalue weighted by Crippen LogP contribution is -2.48. The van der Waals surface area contributed by atoms with Crippen molar-refractivity contribution in [2.24, 2.45) is 0 Å². The predicted molar refractivity (Wildman–Crippen MR) is 74.2 cm³/mol. The lowest BCUT2D eigenvalue weighted by atomic mass is 10.0. The van der Waals surface area contributed by atoms with Gasteiger partial charge in [0.25, 0.3) is 0 Å². The largest absolute Gasteiger partial charge is 0.391 e. The Hall–Kier alpha value is -0.0800. The highest BCUT2D eigenvalue weighted by atomic mass is 16.3. The molecule has 0 aromatic heterocycles. The van der Waals surface area contributed by atoms with Gasteiger partial charge in [0.1, 0.15) is 0 Å². The first-order valence-electron chi connectivity index (χ1n) is 7.64. The lowest BCUT2D eigenvalue weighted by Gasteiger charge is -2.38. The van der Waals surface area contributed by atoms with E-state index in [4.69, 9.17) is 0 Å². The quantitative estimate of drug-likeness (QED) is 0.719. The van der Waals surface area contributed by atoms with Gasteiger partial charge in [0.15, 0.2) is 0 Å². The van der Waals surface area contributed by atoms with E-state index >= 15 is 0 Å². The summed E-state index contributed by atoms with van der Waals surface area (Å²) in [4.78, 5) is 2.58. The topological polar surface area (TPSA) is 23.5 Å². The molecule has 0 amide bonds. The van der Waals surface area contributed by atoms with E-state index in [2.05, 4.69) is 25.7 Å². The van der Waals surface area contributed by atoms with Crippen LogP contribution in [0.4, 0.5) is 0 Å². The van der Waals surface area contributed by atoms with E-state index in [1.54, 1.807) is 0 Å². The maximum atomic E-state index is 10.3. The molecule has 0 bridgehead atoms. The summed E-state index contributed by atoms with van der Waals surface area (Å²) in [5.74, 6) is 0. The molecule has 3 atom stereocenters. The summed E-state index contributed by atoms with van der Waals surface area (Å²) in [5.41, 5.74) is 0. The molecule has 2 nitrogen and oxygen atoms in total. The van der Waals surface area contributed by atoms with Crippen molar-refractivity contribution in [2.75, 3.05) is 6.54 Å². The summed E-state index contributed by atoms with van der Waals surface area (Å²) in [7, 11) is 0. The van der Waals surface area contributed by atoms with Crippen LogP contribution in [0.3, 0.4) is 0 Å². The van der Waals surface area contributed by atoms with Crippen LogP contribution in [0, 0.1) is 0 Å². The van der Waals surface area contributed by atoms with Gasteiger partial charge in [-0.1, -0.05) is 39.5 Å². The molecule has 1 fully saturated rings. The molecule has 102 valence electrons. The van der Waals surface area contributed by atoms with Crippen molar-refractivity contribution in [1.29, 1.82) is 0 Å². The van der Waals surface area contributed by atoms with Crippen molar-refractivity contribution >= 4 is 0 Å². The number of aliphatic hydroxyl groups is 1. The Labute approximate surface area is 107 Å². The fraction of sp³-hybridized carbons (Fsp3) is 1.00. The molecule has 1 rings (SSSR count). The molecule has 1 aliphatic carbocycles. The third-order valence-corrected chi connectivity index (χ3v) is 4.30. The first kappa shape index (κ1) is 15.0. The van der Waals surface area contributed by atoms with Crippen molar-refractivity contribution in [1.82, 2.24) is 4.90 Å². The van der Waals surface area contributed by atoms with Crippen LogP contribution < -0.4 is 0 Å². The number of hydrogen-bond donors (Lipinski definition) is 1. The first-order valence-corrected chi connectivity index (χ1v) is 7.64. The molecule has 0 saturated heterocycles. The molecule has 0 aliphatic heterocycles. The van der Waals surface area contributed by atoms with Crippen LogP contribution in [0.1, 0.15) is 72.1 Å². The van der Waals surface area contributed by atoms with Gasteiger partial charge in [-0.25, -0.2) is 0 Å². The molecular formula is C15H31NO. The summed E-state index contributed by atoms with van der Waals surface area (Å²) in [6, 6.07) is 1.03. The average Bonchev–Trinajstić information content (AvgIpc) is 2.55. The number of unbranched alkanes of at least 4 members (excludes halogenated alkanes) is 1. The second kappa shape index (κ2) is 8.10. The Morgan fingerprint density at radius 2 is 1.88 bits per heavy atom. The van der Waals surface area contributed by atoms with Crippen LogP contribution >= 0.6 is 0 Å². The van der Waals surface area contributed by atoms with E-state index < -0.39 is 0 Å². The van der Waals surface area contributed by atoms with Crippen LogP contribution in [-0.4, -0.2) is 34.7 Å². The van der Waals surface area contributed by atoms with Crippen LogP contribution in [0.2, 0.25) is 0 Å². The summed E-state index contributed by atoms with van der Waals surface area (Å²) in [6.07, 6.45) is 9.59. The summed E-state index contributed by atoms with van der Waals surface area (Å²) < 4.78 is 0. The van der Waals surface area contributed by atoms with E-state index in [0.29, 0.717) is 12.1 Å². The lowest BCUT2D eigenvalue weighted by molar-refractivity contribution is 0.0215. The Morgan fingerprint density at radius 1 is 1.18 bits per heavy atom. The predicted octanol–water partition coefficient (Wildman–Crippen LogP) is 3.58. The minimum atomic E-state index is -0.0941. The second-order valence-electron chi connectivity index (χ2n) is 5.62. The zero-order valence-corrected chi connectivity index (χ0v) is 12.0. The van der Waals surface area contributed by atoms with Gasteiger partial charge in [-0.3, -0.25) is 4.90 Å². The fourth-order valence-corrected chi connectivity index (χ4v) is 2.94. The first-order chi connectivity index (χ1) is 8.20. The van der Waals surface area contributed by atoms with E-state index in [-0.39, 0.29) is 6.10 Å². The number of rotatable bonds is 6. The van der Waals surface area contributed by atoms with Crippen LogP contribution in [-0.2, 0) is 0 Å². The Balaban J connectivity index is 2.64. The highest BCUT2D eigenvalue weighted by Gasteiger charge is 2.29. The monoisotopic (exact) mass is 241 g/mol. The molecule has 1 N–H and O–H groups in total. The minimum Gasteiger partial charge on any atom is -0.391 e. The number of nitrogens with zero attached hydrogens (tertiary/aromatic N) is 1. The fourth-order valence-electron chi connectivity index (χ4n) is 2.94. The molecule has 0 spiro atoms. The molecule has 0 aromatic carbocycles. The van der Waals surface area contributed by atoms with Crippen LogP contribution in [0.5, 0.6) is 0 Å². The molecule has 1 aliphatic rings. The van der Waals surface area contributed by atoms with E-state index in [0.717, 1.165) is 13.0 Å². The molecule has 0 radical (unpaired) electrons. The van der Waals surface area contributed by atoms with Gasteiger partial charge in [-0.05, 0) is 39.2 Å². The molecule has 17 heavy (non-hydrogen) atoms. The highest BCUT2D eigenvalue weighted by molar-refractivity contribution is 4.84. The van der Waals surface area contributed by atoms with Gasteiger partial charge in [0, 0.05) is 12.1 Å². The van der Waals surface area contributed by atoms with E-state index in [1.807, 2.05) is 0 Å². The van der Waals surface area contributed by atoms with Gasteiger partial charge >= 0.3 is 0 Å². The van der Waals surface area contributed by atoms with Crippen molar-refractivity contribution in [3.05, 3.63) is 0 Å². The molecule has 1 saturated carbocycles. The zero-order valence-electron chi connectivity index (χ0n) is 12.0. The number of hydrogen-bond acceptors (Lipinski definition) is 2. The van der Waals surface area contributed by atoms with Crippen molar-refractivity contribution in [3.8, 4) is 0 Å². The maximum absolute atomic E-state index is 10.3. The third kappa shape index (κ3) is 4.59. The van der Waals surface area contributed by atoms with Crippen LogP contribution in [0.25, 0.3) is 0 Å². The molecule has 3 unspecified atom stereocenters. The zero-order chi connectivity index (χ0) is 12.7. The second-order valence-corrected chi connectivity index (χ2v) is 5.62. The molecule has 0 aromatic rings. The maximum Gasteiger partial charge on any atom is 0.0695 e. The smallest absolute Gasteiger partial charge is 0.0695 e. The summed E-state index contributed by atoms with van der Waals surface area (Å²) >= 11 is 0. The standard InChI is InChI=1S/C15H31NO/c1-4-6-12-16(13(3)5-2)14-10-8-7-9-11-15(14)17/h13-15,17H,4-12H2,1-3H3.